The first-order valence-corrected chi connectivity index (χ1v) is 12.5. The first kappa shape index (κ1) is 27.4. The Balaban J connectivity index is 1.52. The van der Waals surface area contributed by atoms with Gasteiger partial charge in [-0.25, -0.2) is 14.8 Å². The number of anilines is 1. The summed E-state index contributed by atoms with van der Waals surface area (Å²) in [5.74, 6) is -1.13. The number of hydrogen-bond acceptors (Lipinski definition) is 9. The van der Waals surface area contributed by atoms with E-state index in [1.54, 1.807) is 37.8 Å². The molecule has 202 valence electrons. The third-order valence-electron chi connectivity index (χ3n) is 5.37. The van der Waals surface area contributed by atoms with Crippen LogP contribution in [0.15, 0.2) is 39.6 Å². The molecule has 14 heteroatoms. The summed E-state index contributed by atoms with van der Waals surface area (Å²) in [4.78, 5) is 39.1. The number of alkyl halides is 2. The topological polar surface area (TPSA) is 133 Å². The molecule has 1 aliphatic heterocycles. The van der Waals surface area contributed by atoms with E-state index >= 15 is 0 Å². The summed E-state index contributed by atoms with van der Waals surface area (Å²) in [6, 6.07) is 5.92. The largest absolute Gasteiger partial charge is 0.444 e. The third kappa shape index (κ3) is 7.00. The molecule has 4 heterocycles. The predicted octanol–water partition coefficient (Wildman–Crippen LogP) is 5.26. The van der Waals surface area contributed by atoms with Crippen LogP contribution in [-0.2, 0) is 4.74 Å². The van der Waals surface area contributed by atoms with Crippen LogP contribution in [0.1, 0.15) is 55.9 Å². The molecule has 0 aliphatic carbocycles. The molecule has 1 fully saturated rings. The van der Waals surface area contributed by atoms with E-state index in [-0.39, 0.29) is 34.6 Å². The van der Waals surface area contributed by atoms with Crippen LogP contribution in [0.4, 0.5) is 19.4 Å². The van der Waals surface area contributed by atoms with Crippen LogP contribution in [0.2, 0.25) is 0 Å². The average Bonchev–Trinajstić information content (AvgIpc) is 3.34. The Morgan fingerprint density at radius 2 is 2.05 bits per heavy atom. The second-order valence-corrected chi connectivity index (χ2v) is 10.3. The van der Waals surface area contributed by atoms with Gasteiger partial charge in [-0.1, -0.05) is 11.2 Å². The SMILES string of the molecule is CC(C)(C)OC(=O)N1CCC[C@H](c2nc(-c3cnc(NC(=O)c4cccc(Br)n4)c(OC(F)F)c3)no2)C1. The fourth-order valence-corrected chi connectivity index (χ4v) is 4.09. The maximum Gasteiger partial charge on any atom is 0.410 e. The van der Waals surface area contributed by atoms with E-state index in [0.29, 0.717) is 30.0 Å². The van der Waals surface area contributed by atoms with Crippen molar-refractivity contribution in [2.24, 2.45) is 0 Å². The number of amides is 2. The Kier molecular flexibility index (Phi) is 8.19. The number of hydrogen-bond donors (Lipinski definition) is 1. The molecule has 1 aliphatic rings. The van der Waals surface area contributed by atoms with Crippen molar-refractivity contribution in [1.29, 1.82) is 0 Å². The number of carbonyl (C=O) groups excluding carboxylic acids is 2. The Bertz CT molecular complexity index is 1320. The highest BCUT2D eigenvalue weighted by molar-refractivity contribution is 9.10. The zero-order valence-corrected chi connectivity index (χ0v) is 22.4. The van der Waals surface area contributed by atoms with Gasteiger partial charge in [-0.15, -0.1) is 0 Å². The highest BCUT2D eigenvalue weighted by atomic mass is 79.9. The molecule has 3 aromatic rings. The monoisotopic (exact) mass is 594 g/mol. The minimum Gasteiger partial charge on any atom is -0.444 e. The fraction of sp³-hybridized carbons (Fsp3) is 0.417. The van der Waals surface area contributed by atoms with Crippen molar-refractivity contribution in [3.05, 3.63) is 46.7 Å². The summed E-state index contributed by atoms with van der Waals surface area (Å²) in [5.41, 5.74) is -0.342. The minimum absolute atomic E-state index is 0.0453. The normalized spacial score (nSPS) is 15.9. The smallest absolute Gasteiger partial charge is 0.410 e. The lowest BCUT2D eigenvalue weighted by atomic mass is 9.98. The van der Waals surface area contributed by atoms with Gasteiger partial charge in [0.2, 0.25) is 11.7 Å². The highest BCUT2D eigenvalue weighted by Crippen LogP contribution is 2.32. The molecule has 0 aromatic carbocycles. The number of nitrogens with zero attached hydrogens (tertiary/aromatic N) is 5. The molecule has 11 nitrogen and oxygen atoms in total. The Labute approximate surface area is 225 Å². The third-order valence-corrected chi connectivity index (χ3v) is 5.81. The predicted molar refractivity (Wildman–Crippen MR) is 134 cm³/mol. The lowest BCUT2D eigenvalue weighted by molar-refractivity contribution is -0.0495. The number of pyridine rings is 2. The van der Waals surface area contributed by atoms with E-state index in [9.17, 15) is 18.4 Å². The first-order chi connectivity index (χ1) is 18.0. The van der Waals surface area contributed by atoms with Crippen molar-refractivity contribution < 1.29 is 32.4 Å². The highest BCUT2D eigenvalue weighted by Gasteiger charge is 2.31. The average molecular weight is 595 g/mol. The fourth-order valence-electron chi connectivity index (χ4n) is 3.74. The number of halogens is 3. The van der Waals surface area contributed by atoms with Gasteiger partial charge in [-0.3, -0.25) is 4.79 Å². The number of ether oxygens (including phenoxy) is 2. The quantitative estimate of drug-likeness (QED) is 0.379. The number of carbonyl (C=O) groups is 2. The molecule has 0 bridgehead atoms. The zero-order chi connectivity index (χ0) is 27.4. The lowest BCUT2D eigenvalue weighted by Crippen LogP contribution is -2.42. The number of rotatable bonds is 6. The molecule has 3 aromatic heterocycles. The van der Waals surface area contributed by atoms with Crippen molar-refractivity contribution in [2.75, 3.05) is 18.4 Å². The molecule has 1 atom stereocenters. The second kappa shape index (κ2) is 11.4. The first-order valence-electron chi connectivity index (χ1n) is 11.7. The summed E-state index contributed by atoms with van der Waals surface area (Å²) < 4.78 is 42.2. The number of piperidine rings is 1. The minimum atomic E-state index is -3.17. The standard InChI is InChI=1S/C24H25BrF2N6O5/c1-24(2,3)37-23(35)33-9-5-6-13(12-33)21-31-18(32-38-21)14-10-16(36-22(26)27)19(28-11-14)30-20(34)15-7-4-8-17(25)29-15/h4,7-8,10-11,13,22H,5-6,9,12H2,1-3H3,(H,28,30,34)/t13-/m0/s1. The summed E-state index contributed by atoms with van der Waals surface area (Å²) in [6.45, 7) is 3.10. The van der Waals surface area contributed by atoms with E-state index in [2.05, 4.69) is 46.1 Å². The van der Waals surface area contributed by atoms with Gasteiger partial charge < -0.3 is 24.2 Å². The van der Waals surface area contributed by atoms with E-state index in [1.807, 2.05) is 0 Å². The molecule has 0 radical (unpaired) electrons. The molecular formula is C24H25BrF2N6O5. The summed E-state index contributed by atoms with van der Waals surface area (Å²) in [5, 5.41) is 6.37. The van der Waals surface area contributed by atoms with Gasteiger partial charge in [0.05, 0.1) is 5.92 Å². The van der Waals surface area contributed by atoms with Gasteiger partial charge >= 0.3 is 12.7 Å². The van der Waals surface area contributed by atoms with Crippen molar-refractivity contribution in [3.8, 4) is 17.1 Å². The summed E-state index contributed by atoms with van der Waals surface area (Å²) >= 11 is 3.17. The summed E-state index contributed by atoms with van der Waals surface area (Å²) in [7, 11) is 0. The molecule has 4 rings (SSSR count). The molecule has 0 unspecified atom stereocenters. The van der Waals surface area contributed by atoms with Crippen LogP contribution in [0.25, 0.3) is 11.4 Å². The van der Waals surface area contributed by atoms with E-state index < -0.39 is 24.2 Å². The van der Waals surface area contributed by atoms with Crippen molar-refractivity contribution in [2.45, 2.75) is 51.7 Å². The van der Waals surface area contributed by atoms with Crippen LogP contribution < -0.4 is 10.1 Å². The van der Waals surface area contributed by atoms with Gasteiger partial charge in [0.15, 0.2) is 11.6 Å². The van der Waals surface area contributed by atoms with Gasteiger partial charge in [-0.05, 0) is 67.7 Å². The molecule has 1 saturated heterocycles. The van der Waals surface area contributed by atoms with Gasteiger partial charge in [-0.2, -0.15) is 13.8 Å². The van der Waals surface area contributed by atoms with E-state index in [4.69, 9.17) is 9.26 Å². The molecule has 1 N–H and O–H groups in total. The van der Waals surface area contributed by atoms with Gasteiger partial charge in [0.25, 0.3) is 5.91 Å². The molecule has 2 amide bonds. The molecule has 38 heavy (non-hydrogen) atoms. The van der Waals surface area contributed by atoms with Gasteiger partial charge in [0, 0.05) is 24.8 Å². The molecule has 0 saturated carbocycles. The van der Waals surface area contributed by atoms with Crippen LogP contribution >= 0.6 is 15.9 Å². The van der Waals surface area contributed by atoms with Crippen LogP contribution in [-0.4, -0.2) is 62.3 Å². The Hall–Kier alpha value is -3.68. The number of likely N-dealkylation sites (tertiary alicyclic amines) is 1. The van der Waals surface area contributed by atoms with Crippen LogP contribution in [0, 0.1) is 0 Å². The number of aromatic nitrogens is 4. The zero-order valence-electron chi connectivity index (χ0n) is 20.8. The Morgan fingerprint density at radius 3 is 2.76 bits per heavy atom. The summed E-state index contributed by atoms with van der Waals surface area (Å²) in [6.07, 6.45) is 2.31. The van der Waals surface area contributed by atoms with E-state index in [0.717, 1.165) is 6.42 Å². The maximum absolute atomic E-state index is 13.1. The second-order valence-electron chi connectivity index (χ2n) is 9.47. The lowest BCUT2D eigenvalue weighted by Gasteiger charge is -2.32. The molecular weight excluding hydrogens is 570 g/mol. The van der Waals surface area contributed by atoms with Crippen molar-refractivity contribution >= 4 is 33.7 Å². The van der Waals surface area contributed by atoms with Crippen LogP contribution in [0.3, 0.4) is 0 Å². The maximum atomic E-state index is 13.1. The van der Waals surface area contributed by atoms with Gasteiger partial charge in [0.1, 0.15) is 15.9 Å². The van der Waals surface area contributed by atoms with Crippen LogP contribution in [0.5, 0.6) is 5.75 Å². The Morgan fingerprint density at radius 1 is 1.26 bits per heavy atom. The molecule has 0 spiro atoms. The number of nitrogens with one attached hydrogen (secondary N) is 1. The van der Waals surface area contributed by atoms with E-state index in [1.165, 1.54) is 18.3 Å². The van der Waals surface area contributed by atoms with Crippen molar-refractivity contribution in [3.63, 3.8) is 0 Å². The van der Waals surface area contributed by atoms with Crippen molar-refractivity contribution in [1.82, 2.24) is 25.0 Å².